The van der Waals surface area contributed by atoms with Crippen LogP contribution in [0.2, 0.25) is 5.02 Å². The summed E-state index contributed by atoms with van der Waals surface area (Å²) >= 11 is 5.74. The van der Waals surface area contributed by atoms with Gasteiger partial charge in [-0.15, -0.1) is 0 Å². The van der Waals surface area contributed by atoms with Crippen molar-refractivity contribution in [3.8, 4) is 5.75 Å². The summed E-state index contributed by atoms with van der Waals surface area (Å²) in [4.78, 5) is 20.6. The highest BCUT2D eigenvalue weighted by Crippen LogP contribution is 2.24. The Kier molecular flexibility index (Phi) is 4.47. The first kappa shape index (κ1) is 13.0. The lowest BCUT2D eigenvalue weighted by Gasteiger charge is -2.06. The molecule has 0 heterocycles. The third kappa shape index (κ3) is 4.12. The summed E-state index contributed by atoms with van der Waals surface area (Å²) in [6.45, 7) is 0. The molecule has 0 radical (unpaired) electrons. The molecule has 0 saturated carbocycles. The van der Waals surface area contributed by atoms with E-state index in [1.54, 1.807) is 0 Å². The molecule has 7 heteroatoms. The van der Waals surface area contributed by atoms with Crippen molar-refractivity contribution in [2.24, 2.45) is 0 Å². The molecule has 0 atom stereocenters. The van der Waals surface area contributed by atoms with Crippen LogP contribution in [0.4, 0.5) is 4.79 Å². The fourth-order valence-electron chi connectivity index (χ4n) is 1.03. The van der Waals surface area contributed by atoms with Crippen LogP contribution in [-0.2, 0) is 0 Å². The zero-order valence-corrected chi connectivity index (χ0v) is 9.60. The van der Waals surface area contributed by atoms with Gasteiger partial charge in [-0.1, -0.05) is 11.6 Å². The third-order valence-electron chi connectivity index (χ3n) is 1.75. The van der Waals surface area contributed by atoms with E-state index in [0.717, 1.165) is 6.20 Å². The normalized spacial score (nSPS) is 10.2. The van der Waals surface area contributed by atoms with E-state index >= 15 is 0 Å². The summed E-state index contributed by atoms with van der Waals surface area (Å²) in [5.41, 5.74) is 0.345. The molecule has 0 aliphatic rings. The lowest BCUT2D eigenvalue weighted by atomic mass is 10.2. The van der Waals surface area contributed by atoms with Crippen LogP contribution in [0, 0.1) is 10.1 Å². The second kappa shape index (κ2) is 5.86. The van der Waals surface area contributed by atoms with Gasteiger partial charge in [-0.05, 0) is 18.2 Å². The molecule has 0 fully saturated rings. The van der Waals surface area contributed by atoms with E-state index in [4.69, 9.17) is 16.3 Å². The van der Waals surface area contributed by atoms with Crippen molar-refractivity contribution in [1.29, 1.82) is 0 Å². The zero-order valence-electron chi connectivity index (χ0n) is 8.84. The van der Waals surface area contributed by atoms with Gasteiger partial charge in [-0.3, -0.25) is 10.1 Å². The Balaban J connectivity index is 3.03. The number of carbonyl (C=O) groups excluding carboxylic acids is 1. The minimum Gasteiger partial charge on any atom is -0.410 e. The smallest absolute Gasteiger partial charge is 0.410 e. The Morgan fingerprint density at radius 3 is 2.88 bits per heavy atom. The summed E-state index contributed by atoms with van der Waals surface area (Å²) in [6.07, 6.45) is 1.27. The predicted octanol–water partition coefficient (Wildman–Crippen LogP) is 2.31. The van der Waals surface area contributed by atoms with Gasteiger partial charge in [0.2, 0.25) is 6.20 Å². The molecule has 0 aromatic heterocycles. The maximum Gasteiger partial charge on any atom is 0.412 e. The molecule has 0 aliphatic heterocycles. The number of nitrogens with zero attached hydrogens (tertiary/aromatic N) is 1. The number of benzene rings is 1. The molecule has 90 valence electrons. The lowest BCUT2D eigenvalue weighted by molar-refractivity contribution is -0.400. The standard InChI is InChI=1S/C10H9ClN2O4/c1-12-10(14)17-9-3-2-8(11)6-7(9)4-5-13(15)16/h2-6H,1H3,(H,12,14). The quantitative estimate of drug-likeness (QED) is 0.665. The first-order valence-electron chi connectivity index (χ1n) is 4.53. The van der Waals surface area contributed by atoms with E-state index in [9.17, 15) is 14.9 Å². The van der Waals surface area contributed by atoms with Crippen LogP contribution in [0.5, 0.6) is 5.75 Å². The molecule has 1 aromatic carbocycles. The van der Waals surface area contributed by atoms with Gasteiger partial charge in [0.25, 0.3) is 0 Å². The average molecular weight is 257 g/mol. The molecule has 0 unspecified atom stereocenters. The number of ether oxygens (including phenoxy) is 1. The van der Waals surface area contributed by atoms with Gasteiger partial charge in [0.05, 0.1) is 4.92 Å². The van der Waals surface area contributed by atoms with E-state index in [2.05, 4.69) is 5.32 Å². The zero-order chi connectivity index (χ0) is 12.8. The summed E-state index contributed by atoms with van der Waals surface area (Å²) in [7, 11) is 1.41. The molecule has 0 bridgehead atoms. The Labute approximate surface area is 102 Å². The molecule has 0 spiro atoms. The van der Waals surface area contributed by atoms with Crippen LogP contribution in [0.3, 0.4) is 0 Å². The number of hydrogen-bond donors (Lipinski definition) is 1. The highest BCUT2D eigenvalue weighted by Gasteiger charge is 2.07. The van der Waals surface area contributed by atoms with Gasteiger partial charge in [-0.25, -0.2) is 4.79 Å². The van der Waals surface area contributed by atoms with Crippen molar-refractivity contribution in [1.82, 2.24) is 5.32 Å². The second-order valence-electron chi connectivity index (χ2n) is 2.92. The first-order chi connectivity index (χ1) is 8.02. The monoisotopic (exact) mass is 256 g/mol. The fourth-order valence-corrected chi connectivity index (χ4v) is 1.22. The number of nitro groups is 1. The number of amides is 1. The van der Waals surface area contributed by atoms with E-state index in [1.165, 1.54) is 31.3 Å². The number of hydrogen-bond acceptors (Lipinski definition) is 4. The van der Waals surface area contributed by atoms with Crippen LogP contribution in [-0.4, -0.2) is 18.1 Å². The molecule has 17 heavy (non-hydrogen) atoms. The third-order valence-corrected chi connectivity index (χ3v) is 1.99. The van der Waals surface area contributed by atoms with Crippen molar-refractivity contribution in [3.05, 3.63) is 45.1 Å². The lowest BCUT2D eigenvalue weighted by Crippen LogP contribution is -2.22. The minimum absolute atomic E-state index is 0.187. The fraction of sp³-hybridized carbons (Fsp3) is 0.100. The molecular weight excluding hydrogens is 248 g/mol. The molecule has 1 rings (SSSR count). The largest absolute Gasteiger partial charge is 0.412 e. The Morgan fingerprint density at radius 2 is 2.29 bits per heavy atom. The molecule has 1 amide bonds. The van der Waals surface area contributed by atoms with Crippen LogP contribution >= 0.6 is 11.6 Å². The van der Waals surface area contributed by atoms with E-state index in [-0.39, 0.29) is 5.75 Å². The minimum atomic E-state index is -0.664. The van der Waals surface area contributed by atoms with Crippen LogP contribution in [0.1, 0.15) is 5.56 Å². The predicted molar refractivity (Wildman–Crippen MR) is 62.6 cm³/mol. The molecule has 1 N–H and O–H groups in total. The van der Waals surface area contributed by atoms with Crippen LogP contribution in [0.25, 0.3) is 6.08 Å². The number of carbonyl (C=O) groups is 1. The van der Waals surface area contributed by atoms with Crippen molar-refractivity contribution in [2.45, 2.75) is 0 Å². The molecular formula is C10H9ClN2O4. The van der Waals surface area contributed by atoms with Gasteiger partial charge >= 0.3 is 6.09 Å². The molecule has 6 nitrogen and oxygen atoms in total. The van der Waals surface area contributed by atoms with Gasteiger partial charge in [0, 0.05) is 23.7 Å². The van der Waals surface area contributed by atoms with Crippen molar-refractivity contribution >= 4 is 23.8 Å². The molecule has 0 aliphatic carbocycles. The van der Waals surface area contributed by atoms with Crippen molar-refractivity contribution < 1.29 is 14.5 Å². The number of nitrogens with one attached hydrogen (secondary N) is 1. The van der Waals surface area contributed by atoms with Gasteiger partial charge in [-0.2, -0.15) is 0 Å². The molecule has 0 saturated heterocycles. The highest BCUT2D eigenvalue weighted by atomic mass is 35.5. The van der Waals surface area contributed by atoms with Crippen LogP contribution in [0.15, 0.2) is 24.4 Å². The number of rotatable bonds is 3. The Bertz CT molecular complexity index is 473. The summed E-state index contributed by atoms with van der Waals surface area (Å²) in [6, 6.07) is 4.43. The summed E-state index contributed by atoms with van der Waals surface area (Å²) in [5.74, 6) is 0.187. The van der Waals surface area contributed by atoms with E-state index < -0.39 is 11.0 Å². The Morgan fingerprint density at radius 1 is 1.59 bits per heavy atom. The highest BCUT2D eigenvalue weighted by molar-refractivity contribution is 6.30. The average Bonchev–Trinajstić information content (AvgIpc) is 2.29. The summed E-state index contributed by atoms with van der Waals surface area (Å²) < 4.78 is 4.90. The first-order valence-corrected chi connectivity index (χ1v) is 4.91. The van der Waals surface area contributed by atoms with Crippen molar-refractivity contribution in [2.75, 3.05) is 7.05 Å². The maximum absolute atomic E-state index is 11.0. The number of halogens is 1. The van der Waals surface area contributed by atoms with Gasteiger partial charge in [0.15, 0.2) is 0 Å². The molecule has 1 aromatic rings. The van der Waals surface area contributed by atoms with Crippen molar-refractivity contribution in [3.63, 3.8) is 0 Å². The van der Waals surface area contributed by atoms with Gasteiger partial charge < -0.3 is 10.1 Å². The topological polar surface area (TPSA) is 81.5 Å². The van der Waals surface area contributed by atoms with Gasteiger partial charge in [0.1, 0.15) is 5.75 Å². The van der Waals surface area contributed by atoms with Crippen LogP contribution < -0.4 is 10.1 Å². The van der Waals surface area contributed by atoms with E-state index in [1.807, 2.05) is 0 Å². The second-order valence-corrected chi connectivity index (χ2v) is 3.36. The maximum atomic E-state index is 11.0. The SMILES string of the molecule is CNC(=O)Oc1ccc(Cl)cc1C=C[N+](=O)[O-]. The summed E-state index contributed by atoms with van der Waals surface area (Å²) in [5, 5.41) is 12.9. The van der Waals surface area contributed by atoms with E-state index in [0.29, 0.717) is 10.6 Å². The Hall–Kier alpha value is -2.08.